The molecule has 0 spiro atoms. The van der Waals surface area contributed by atoms with E-state index < -0.39 is 23.5 Å². The number of rotatable bonds is 4. The summed E-state index contributed by atoms with van der Waals surface area (Å²) in [5.41, 5.74) is -1.36. The van der Waals surface area contributed by atoms with Gasteiger partial charge in [-0.15, -0.1) is 0 Å². The molecule has 4 nitrogen and oxygen atoms in total. The molecule has 1 saturated heterocycles. The molecule has 1 aliphatic rings. The summed E-state index contributed by atoms with van der Waals surface area (Å²) >= 11 is 1.09. The van der Waals surface area contributed by atoms with Crippen LogP contribution >= 0.6 is 11.8 Å². The van der Waals surface area contributed by atoms with Crippen LogP contribution in [-0.2, 0) is 17.5 Å². The fourth-order valence-corrected chi connectivity index (χ4v) is 2.78. The topological polar surface area (TPSA) is 49.4 Å². The molecule has 1 N–H and O–H groups in total. The zero-order valence-corrected chi connectivity index (χ0v) is 12.1. The highest BCUT2D eigenvalue weighted by molar-refractivity contribution is 8.13. The number of alkyl halides is 3. The van der Waals surface area contributed by atoms with Crippen LogP contribution in [-0.4, -0.2) is 34.9 Å². The van der Waals surface area contributed by atoms with Gasteiger partial charge in [0.1, 0.15) is 12.4 Å². The molecule has 1 aromatic rings. The summed E-state index contributed by atoms with van der Waals surface area (Å²) < 4.78 is 51.3. The Balaban J connectivity index is 1.99. The zero-order chi connectivity index (χ0) is 16.3. The van der Waals surface area contributed by atoms with Crippen LogP contribution in [0.5, 0.6) is 0 Å². The molecule has 0 saturated carbocycles. The number of hydrogen-bond acceptors (Lipinski definition) is 3. The van der Waals surface area contributed by atoms with Gasteiger partial charge in [0, 0.05) is 18.8 Å². The van der Waals surface area contributed by atoms with Gasteiger partial charge in [0.15, 0.2) is 0 Å². The molecule has 9 heteroatoms. The van der Waals surface area contributed by atoms with Gasteiger partial charge in [-0.1, -0.05) is 17.8 Å². The summed E-state index contributed by atoms with van der Waals surface area (Å²) in [5.74, 6) is -0.974. The molecule has 1 fully saturated rings. The van der Waals surface area contributed by atoms with Gasteiger partial charge in [0.2, 0.25) is 5.91 Å². The largest absolute Gasteiger partial charge is 0.416 e. The molecule has 1 heterocycles. The van der Waals surface area contributed by atoms with Crippen molar-refractivity contribution in [2.24, 2.45) is 0 Å². The van der Waals surface area contributed by atoms with Crippen LogP contribution < -0.4 is 5.32 Å². The smallest absolute Gasteiger partial charge is 0.350 e. The van der Waals surface area contributed by atoms with Crippen LogP contribution in [0.15, 0.2) is 18.2 Å². The SMILES string of the molecule is O=C(CN1CCSC1=O)NCc1ccc(F)cc1C(F)(F)F. The van der Waals surface area contributed by atoms with Crippen LogP contribution in [0.25, 0.3) is 0 Å². The van der Waals surface area contributed by atoms with E-state index in [4.69, 9.17) is 0 Å². The second kappa shape index (κ2) is 6.55. The number of thioether (sulfide) groups is 1. The first kappa shape index (κ1) is 16.6. The second-order valence-electron chi connectivity index (χ2n) is 4.61. The Kier molecular flexibility index (Phi) is 4.94. The Morgan fingerprint density at radius 1 is 1.36 bits per heavy atom. The van der Waals surface area contributed by atoms with Crippen molar-refractivity contribution in [2.75, 3.05) is 18.8 Å². The Bertz CT molecular complexity index is 592. The summed E-state index contributed by atoms with van der Waals surface area (Å²) in [7, 11) is 0. The standard InChI is InChI=1S/C13H12F4N2O2S/c14-9-2-1-8(10(5-9)13(15,16)17)6-18-11(20)7-19-3-4-22-12(19)21/h1-2,5H,3-4,6-7H2,(H,18,20). The van der Waals surface area contributed by atoms with Gasteiger partial charge in [-0.2, -0.15) is 13.2 Å². The number of amides is 2. The molecule has 2 amide bonds. The minimum atomic E-state index is -4.70. The lowest BCUT2D eigenvalue weighted by Gasteiger charge is -2.16. The van der Waals surface area contributed by atoms with Gasteiger partial charge < -0.3 is 10.2 Å². The van der Waals surface area contributed by atoms with E-state index >= 15 is 0 Å². The third-order valence-corrected chi connectivity index (χ3v) is 3.92. The first-order valence-electron chi connectivity index (χ1n) is 6.31. The predicted octanol–water partition coefficient (Wildman–Crippen LogP) is 2.63. The maximum Gasteiger partial charge on any atom is 0.416 e. The molecule has 22 heavy (non-hydrogen) atoms. The molecule has 0 radical (unpaired) electrons. The van der Waals surface area contributed by atoms with Gasteiger partial charge >= 0.3 is 6.18 Å². The molecule has 2 rings (SSSR count). The molecular formula is C13H12F4N2O2S. The lowest BCUT2D eigenvalue weighted by atomic mass is 10.1. The molecule has 0 aliphatic carbocycles. The van der Waals surface area contributed by atoms with Crippen molar-refractivity contribution in [2.45, 2.75) is 12.7 Å². The molecule has 120 valence electrons. The van der Waals surface area contributed by atoms with Crippen LogP contribution in [0.2, 0.25) is 0 Å². The zero-order valence-electron chi connectivity index (χ0n) is 11.2. The van der Waals surface area contributed by atoms with Crippen LogP contribution in [0.1, 0.15) is 11.1 Å². The molecule has 0 aromatic heterocycles. The Labute approximate surface area is 127 Å². The monoisotopic (exact) mass is 336 g/mol. The van der Waals surface area contributed by atoms with Crippen molar-refractivity contribution >= 4 is 22.9 Å². The maximum absolute atomic E-state index is 13.0. The quantitative estimate of drug-likeness (QED) is 0.860. The van der Waals surface area contributed by atoms with E-state index in [1.807, 2.05) is 0 Å². The number of nitrogens with one attached hydrogen (secondary N) is 1. The van der Waals surface area contributed by atoms with E-state index in [2.05, 4.69) is 5.32 Å². The molecule has 1 aliphatic heterocycles. The molecule has 0 atom stereocenters. The van der Waals surface area contributed by atoms with E-state index in [-0.39, 0.29) is 23.9 Å². The third kappa shape index (κ3) is 4.12. The molecule has 1 aromatic carbocycles. The molecule has 0 bridgehead atoms. The van der Waals surface area contributed by atoms with Crippen molar-refractivity contribution in [3.05, 3.63) is 35.1 Å². The second-order valence-corrected chi connectivity index (χ2v) is 5.66. The van der Waals surface area contributed by atoms with E-state index in [0.717, 1.165) is 23.9 Å². The van der Waals surface area contributed by atoms with Crippen molar-refractivity contribution in [1.82, 2.24) is 10.2 Å². The highest BCUT2D eigenvalue weighted by atomic mass is 32.2. The number of nitrogens with zero attached hydrogens (tertiary/aromatic N) is 1. The number of carbonyl (C=O) groups is 2. The van der Waals surface area contributed by atoms with Crippen LogP contribution in [0.3, 0.4) is 0 Å². The highest BCUT2D eigenvalue weighted by Gasteiger charge is 2.33. The average Bonchev–Trinajstić information content (AvgIpc) is 2.82. The van der Waals surface area contributed by atoms with Crippen molar-refractivity contribution in [1.29, 1.82) is 0 Å². The Morgan fingerprint density at radius 3 is 2.68 bits per heavy atom. The van der Waals surface area contributed by atoms with E-state index in [1.165, 1.54) is 4.90 Å². The highest BCUT2D eigenvalue weighted by Crippen LogP contribution is 2.32. The van der Waals surface area contributed by atoms with Crippen molar-refractivity contribution < 1.29 is 27.2 Å². The van der Waals surface area contributed by atoms with E-state index in [0.29, 0.717) is 18.4 Å². The van der Waals surface area contributed by atoms with Gasteiger partial charge in [-0.05, 0) is 17.7 Å². The van der Waals surface area contributed by atoms with E-state index in [1.54, 1.807) is 0 Å². The summed E-state index contributed by atoms with van der Waals surface area (Å²) in [5, 5.41) is 2.09. The Morgan fingerprint density at radius 2 is 2.09 bits per heavy atom. The lowest BCUT2D eigenvalue weighted by molar-refractivity contribution is -0.138. The average molecular weight is 336 g/mol. The van der Waals surface area contributed by atoms with Crippen molar-refractivity contribution in [3.8, 4) is 0 Å². The summed E-state index contributed by atoms with van der Waals surface area (Å²) in [4.78, 5) is 24.3. The van der Waals surface area contributed by atoms with Crippen LogP contribution in [0.4, 0.5) is 22.4 Å². The summed E-state index contributed by atoms with van der Waals surface area (Å²) in [6.45, 7) is -0.154. The number of halogens is 4. The third-order valence-electron chi connectivity index (χ3n) is 3.03. The Hall–Kier alpha value is -1.77. The minimum Gasteiger partial charge on any atom is -0.350 e. The molecular weight excluding hydrogens is 324 g/mol. The normalized spacial score (nSPS) is 15.3. The van der Waals surface area contributed by atoms with Gasteiger partial charge in [0.25, 0.3) is 5.24 Å². The summed E-state index contributed by atoms with van der Waals surface area (Å²) in [6.07, 6.45) is -4.70. The van der Waals surface area contributed by atoms with Crippen molar-refractivity contribution in [3.63, 3.8) is 0 Å². The minimum absolute atomic E-state index is 0.200. The number of hydrogen-bond donors (Lipinski definition) is 1. The summed E-state index contributed by atoms with van der Waals surface area (Å²) in [6, 6.07) is 2.27. The number of benzene rings is 1. The fraction of sp³-hybridized carbons (Fsp3) is 0.385. The van der Waals surface area contributed by atoms with Gasteiger partial charge in [-0.3, -0.25) is 9.59 Å². The fourth-order valence-electron chi connectivity index (χ4n) is 1.96. The van der Waals surface area contributed by atoms with E-state index in [9.17, 15) is 27.2 Å². The van der Waals surface area contributed by atoms with Crippen LogP contribution in [0, 0.1) is 5.82 Å². The first-order valence-corrected chi connectivity index (χ1v) is 7.30. The molecule has 0 unspecified atom stereocenters. The predicted molar refractivity (Wildman–Crippen MR) is 72.7 cm³/mol. The maximum atomic E-state index is 13.0. The first-order chi connectivity index (χ1) is 10.3. The number of carbonyl (C=O) groups excluding carboxylic acids is 2. The van der Waals surface area contributed by atoms with Gasteiger partial charge in [-0.25, -0.2) is 4.39 Å². The lowest BCUT2D eigenvalue weighted by Crippen LogP contribution is -2.37. The van der Waals surface area contributed by atoms with Gasteiger partial charge in [0.05, 0.1) is 5.56 Å².